The van der Waals surface area contributed by atoms with E-state index >= 15 is 0 Å². The molecule has 0 spiro atoms. The van der Waals surface area contributed by atoms with Gasteiger partial charge in [-0.3, -0.25) is 4.68 Å². The molecule has 1 aromatic carbocycles. The van der Waals surface area contributed by atoms with Gasteiger partial charge in [0.05, 0.1) is 23.4 Å². The minimum Gasteiger partial charge on any atom is -0.390 e. The van der Waals surface area contributed by atoms with Crippen molar-refractivity contribution in [2.45, 2.75) is 32.5 Å². The Balaban J connectivity index is 2.26. The van der Waals surface area contributed by atoms with E-state index in [1.54, 1.807) is 7.11 Å². The van der Waals surface area contributed by atoms with Crippen molar-refractivity contribution < 1.29 is 9.84 Å². The molecule has 0 radical (unpaired) electrons. The number of ether oxygens (including phenoxy) is 1. The van der Waals surface area contributed by atoms with Gasteiger partial charge in [-0.2, -0.15) is 5.10 Å². The average molecular weight is 262 g/mol. The zero-order valence-corrected chi connectivity index (χ0v) is 12.0. The maximum atomic E-state index is 10.3. The lowest BCUT2D eigenvalue weighted by atomic mass is 9.97. The molecule has 2 rings (SSSR count). The molecular weight excluding hydrogens is 240 g/mol. The van der Waals surface area contributed by atoms with Crippen molar-refractivity contribution in [1.29, 1.82) is 0 Å². The van der Waals surface area contributed by atoms with E-state index in [1.807, 2.05) is 49.8 Å². The van der Waals surface area contributed by atoms with E-state index in [-0.39, 0.29) is 12.0 Å². The Labute approximate surface area is 114 Å². The monoisotopic (exact) mass is 262 g/mol. The molecule has 104 valence electrons. The Morgan fingerprint density at radius 2 is 2.00 bits per heavy atom. The van der Waals surface area contributed by atoms with Crippen molar-refractivity contribution in [1.82, 2.24) is 9.78 Å². The van der Waals surface area contributed by atoms with Gasteiger partial charge in [0.2, 0.25) is 0 Å². The molecule has 19 heavy (non-hydrogen) atoms. The van der Waals surface area contributed by atoms with Crippen LogP contribution in [-0.2, 0) is 18.2 Å². The van der Waals surface area contributed by atoms with Gasteiger partial charge in [-0.1, -0.05) is 32.0 Å². The number of nitrogens with zero attached hydrogens (tertiary/aromatic N) is 2. The second-order valence-corrected chi connectivity index (χ2v) is 5.30. The molecule has 1 aromatic heterocycles. The van der Waals surface area contributed by atoms with Crippen LogP contribution in [0.3, 0.4) is 0 Å². The van der Waals surface area contributed by atoms with E-state index in [0.717, 1.165) is 16.6 Å². The summed E-state index contributed by atoms with van der Waals surface area (Å²) in [5, 5.41) is 15.9. The number of aryl methyl sites for hydroxylation is 1. The summed E-state index contributed by atoms with van der Waals surface area (Å²) in [7, 11) is 3.57. The zero-order chi connectivity index (χ0) is 14.0. The summed E-state index contributed by atoms with van der Waals surface area (Å²) in [6.07, 6.45) is -0.193. The molecule has 0 fully saturated rings. The van der Waals surface area contributed by atoms with Crippen molar-refractivity contribution in [2.75, 3.05) is 7.11 Å². The van der Waals surface area contributed by atoms with Crippen molar-refractivity contribution in [3.63, 3.8) is 0 Å². The molecule has 2 atom stereocenters. The summed E-state index contributed by atoms with van der Waals surface area (Å²) in [6, 6.07) is 8.07. The Bertz CT molecular complexity index is 548. The minimum absolute atomic E-state index is 0.166. The van der Waals surface area contributed by atoms with Gasteiger partial charge < -0.3 is 9.84 Å². The predicted octanol–water partition coefficient (Wildman–Crippen LogP) is 2.15. The highest BCUT2D eigenvalue weighted by Gasteiger charge is 2.24. The normalized spacial score (nSPS) is 15.1. The van der Waals surface area contributed by atoms with Crippen molar-refractivity contribution in [3.8, 4) is 0 Å². The maximum Gasteiger partial charge on any atom is 0.0860 e. The topological polar surface area (TPSA) is 47.3 Å². The van der Waals surface area contributed by atoms with Crippen LogP contribution in [0.15, 0.2) is 24.3 Å². The largest absolute Gasteiger partial charge is 0.390 e. The van der Waals surface area contributed by atoms with E-state index in [0.29, 0.717) is 6.42 Å². The fraction of sp³-hybridized carbons (Fsp3) is 0.533. The fourth-order valence-electron chi connectivity index (χ4n) is 2.63. The average Bonchev–Trinajstić information content (AvgIpc) is 2.67. The number of benzene rings is 1. The summed E-state index contributed by atoms with van der Waals surface area (Å²) in [4.78, 5) is 0. The van der Waals surface area contributed by atoms with E-state index in [1.165, 1.54) is 0 Å². The van der Waals surface area contributed by atoms with Gasteiger partial charge in [0.1, 0.15) is 0 Å². The smallest absolute Gasteiger partial charge is 0.0860 e. The molecule has 0 aliphatic heterocycles. The molecule has 0 amide bonds. The number of para-hydroxylation sites is 1. The van der Waals surface area contributed by atoms with Crippen molar-refractivity contribution in [3.05, 3.63) is 30.0 Å². The fourth-order valence-corrected chi connectivity index (χ4v) is 2.63. The highest BCUT2D eigenvalue weighted by atomic mass is 16.5. The third-order valence-electron chi connectivity index (χ3n) is 3.55. The van der Waals surface area contributed by atoms with Gasteiger partial charge in [0.25, 0.3) is 0 Å². The molecule has 4 heteroatoms. The first-order valence-electron chi connectivity index (χ1n) is 6.66. The Morgan fingerprint density at radius 3 is 2.63 bits per heavy atom. The molecular formula is C15H22N2O2. The van der Waals surface area contributed by atoms with Gasteiger partial charge >= 0.3 is 0 Å². The van der Waals surface area contributed by atoms with Crippen LogP contribution in [0.4, 0.5) is 0 Å². The van der Waals surface area contributed by atoms with Crippen LogP contribution in [0.25, 0.3) is 10.9 Å². The van der Waals surface area contributed by atoms with Crippen molar-refractivity contribution >= 4 is 10.9 Å². The molecule has 0 aliphatic rings. The van der Waals surface area contributed by atoms with Crippen LogP contribution < -0.4 is 0 Å². The molecule has 1 heterocycles. The number of hydrogen-bond acceptors (Lipinski definition) is 3. The van der Waals surface area contributed by atoms with Gasteiger partial charge in [0.15, 0.2) is 0 Å². The molecule has 1 N–H and O–H groups in total. The molecule has 0 saturated carbocycles. The number of hydrogen-bond donors (Lipinski definition) is 1. The summed E-state index contributed by atoms with van der Waals surface area (Å²) in [5.41, 5.74) is 2.01. The van der Waals surface area contributed by atoms with Gasteiger partial charge in [-0.15, -0.1) is 0 Å². The number of rotatable bonds is 5. The number of methoxy groups -OCH3 is 1. The molecule has 0 aliphatic carbocycles. The predicted molar refractivity (Wildman–Crippen MR) is 76.1 cm³/mol. The molecule has 4 nitrogen and oxygen atoms in total. The highest BCUT2D eigenvalue weighted by Crippen LogP contribution is 2.21. The van der Waals surface area contributed by atoms with Gasteiger partial charge in [-0.25, -0.2) is 0 Å². The Morgan fingerprint density at radius 1 is 1.32 bits per heavy atom. The van der Waals surface area contributed by atoms with E-state index in [9.17, 15) is 5.11 Å². The van der Waals surface area contributed by atoms with Gasteiger partial charge in [0, 0.05) is 26.0 Å². The first-order valence-corrected chi connectivity index (χ1v) is 6.66. The summed E-state index contributed by atoms with van der Waals surface area (Å²) < 4.78 is 7.24. The Hall–Kier alpha value is -1.39. The van der Waals surface area contributed by atoms with Crippen LogP contribution >= 0.6 is 0 Å². The summed E-state index contributed by atoms with van der Waals surface area (Å²) >= 11 is 0. The lowest BCUT2D eigenvalue weighted by molar-refractivity contribution is -0.0370. The third-order valence-corrected chi connectivity index (χ3v) is 3.55. The summed E-state index contributed by atoms with van der Waals surface area (Å²) in [5.74, 6) is 0.273. The van der Waals surface area contributed by atoms with Crippen LogP contribution in [0.5, 0.6) is 0 Å². The van der Waals surface area contributed by atoms with Crippen molar-refractivity contribution in [2.24, 2.45) is 13.0 Å². The summed E-state index contributed by atoms with van der Waals surface area (Å²) in [6.45, 7) is 4.10. The van der Waals surface area contributed by atoms with E-state index in [2.05, 4.69) is 5.10 Å². The van der Waals surface area contributed by atoms with Crippen LogP contribution in [0.2, 0.25) is 0 Å². The first-order chi connectivity index (χ1) is 9.04. The maximum absolute atomic E-state index is 10.3. The second-order valence-electron chi connectivity index (χ2n) is 5.30. The molecule has 0 bridgehead atoms. The van der Waals surface area contributed by atoms with E-state index < -0.39 is 6.10 Å². The zero-order valence-electron chi connectivity index (χ0n) is 12.0. The van der Waals surface area contributed by atoms with Crippen LogP contribution in [0.1, 0.15) is 19.5 Å². The Kier molecular flexibility index (Phi) is 4.22. The third kappa shape index (κ3) is 2.80. The van der Waals surface area contributed by atoms with E-state index in [4.69, 9.17) is 4.74 Å². The quantitative estimate of drug-likeness (QED) is 0.898. The number of aliphatic hydroxyl groups excluding tert-OH is 1. The van der Waals surface area contributed by atoms with Gasteiger partial charge in [-0.05, 0) is 12.0 Å². The van der Waals surface area contributed by atoms with Crippen LogP contribution in [0, 0.1) is 5.92 Å². The van der Waals surface area contributed by atoms with Crippen LogP contribution in [-0.4, -0.2) is 34.2 Å². The minimum atomic E-state index is -0.539. The molecule has 2 aromatic rings. The highest BCUT2D eigenvalue weighted by molar-refractivity contribution is 5.81. The lowest BCUT2D eigenvalue weighted by Crippen LogP contribution is -2.34. The first kappa shape index (κ1) is 14.0. The standard InChI is InChI=1S/C15H22N2O2/c1-10(2)15(19-4)14(18)9-12-11-7-5-6-8-13(11)17(3)16-12/h5-8,10,14-15,18H,9H2,1-4H3. The number of aliphatic hydroxyl groups is 1. The SMILES string of the molecule is COC(C(C)C)C(O)Cc1nn(C)c2ccccc12. The number of aromatic nitrogens is 2. The number of fused-ring (bicyclic) bond motifs is 1. The molecule has 2 unspecified atom stereocenters. The second kappa shape index (κ2) is 5.72. The lowest BCUT2D eigenvalue weighted by Gasteiger charge is -2.24. The molecule has 0 saturated heterocycles.